The topological polar surface area (TPSA) is 49.3 Å². The molecule has 0 saturated heterocycles. The van der Waals surface area contributed by atoms with Crippen molar-refractivity contribution in [1.29, 1.82) is 0 Å². The minimum absolute atomic E-state index is 0.303. The summed E-state index contributed by atoms with van der Waals surface area (Å²) in [5, 5.41) is 12.3. The molecule has 0 spiro atoms. The zero-order valence-electron chi connectivity index (χ0n) is 11.1. The van der Waals surface area contributed by atoms with Crippen molar-refractivity contribution in [2.24, 2.45) is 0 Å². The SMILES string of the molecule is Cc1ccccc1C(NCc1ccc(F)cc1)C(=O)O. The minimum atomic E-state index is -0.929. The van der Waals surface area contributed by atoms with Gasteiger partial charge < -0.3 is 5.11 Å². The summed E-state index contributed by atoms with van der Waals surface area (Å²) in [7, 11) is 0. The molecule has 0 aliphatic rings. The first kappa shape index (κ1) is 14.2. The molecule has 0 fully saturated rings. The molecule has 0 amide bonds. The average molecular weight is 273 g/mol. The van der Waals surface area contributed by atoms with Crippen molar-refractivity contribution in [1.82, 2.24) is 5.32 Å². The van der Waals surface area contributed by atoms with Gasteiger partial charge in [0.05, 0.1) is 0 Å². The molecule has 0 aliphatic carbocycles. The number of aliphatic carboxylic acids is 1. The fourth-order valence-electron chi connectivity index (χ4n) is 2.06. The van der Waals surface area contributed by atoms with Crippen LogP contribution in [0, 0.1) is 12.7 Å². The summed E-state index contributed by atoms with van der Waals surface area (Å²) in [5.41, 5.74) is 2.50. The lowest BCUT2D eigenvalue weighted by Crippen LogP contribution is -2.28. The average Bonchev–Trinajstić information content (AvgIpc) is 2.42. The lowest BCUT2D eigenvalue weighted by atomic mass is 10.0. The number of rotatable bonds is 5. The first-order valence-corrected chi connectivity index (χ1v) is 6.34. The Balaban J connectivity index is 2.13. The Hall–Kier alpha value is -2.20. The molecule has 0 aromatic heterocycles. The Morgan fingerprint density at radius 3 is 2.45 bits per heavy atom. The molecule has 1 atom stereocenters. The highest BCUT2D eigenvalue weighted by atomic mass is 19.1. The second-order valence-corrected chi connectivity index (χ2v) is 4.64. The van der Waals surface area contributed by atoms with Crippen molar-refractivity contribution in [2.45, 2.75) is 19.5 Å². The van der Waals surface area contributed by atoms with Crippen LogP contribution in [0.25, 0.3) is 0 Å². The third-order valence-electron chi connectivity index (χ3n) is 3.17. The maximum absolute atomic E-state index is 12.8. The van der Waals surface area contributed by atoms with Gasteiger partial charge >= 0.3 is 5.97 Å². The van der Waals surface area contributed by atoms with E-state index in [1.807, 2.05) is 25.1 Å². The Labute approximate surface area is 117 Å². The molecule has 0 bridgehead atoms. The predicted molar refractivity (Wildman–Crippen MR) is 74.8 cm³/mol. The summed E-state index contributed by atoms with van der Waals surface area (Å²) < 4.78 is 12.8. The molecule has 104 valence electrons. The molecule has 0 radical (unpaired) electrons. The predicted octanol–water partition coefficient (Wildman–Crippen LogP) is 3.05. The molecule has 3 nitrogen and oxygen atoms in total. The Kier molecular flexibility index (Phi) is 4.48. The van der Waals surface area contributed by atoms with Crippen molar-refractivity contribution in [3.05, 3.63) is 71.0 Å². The third kappa shape index (κ3) is 3.42. The normalized spacial score (nSPS) is 12.1. The quantitative estimate of drug-likeness (QED) is 0.880. The second kappa shape index (κ2) is 6.30. The summed E-state index contributed by atoms with van der Waals surface area (Å²) in [6.07, 6.45) is 0. The molecule has 0 heterocycles. The first-order valence-electron chi connectivity index (χ1n) is 6.34. The van der Waals surface area contributed by atoms with Crippen LogP contribution < -0.4 is 5.32 Å². The Bertz CT molecular complexity index is 596. The fraction of sp³-hybridized carbons (Fsp3) is 0.188. The summed E-state index contributed by atoms with van der Waals surface area (Å²) in [4.78, 5) is 11.4. The van der Waals surface area contributed by atoms with Crippen LogP contribution >= 0.6 is 0 Å². The zero-order chi connectivity index (χ0) is 14.5. The van der Waals surface area contributed by atoms with Gasteiger partial charge in [-0.15, -0.1) is 0 Å². The molecule has 2 N–H and O–H groups in total. The van der Waals surface area contributed by atoms with Crippen LogP contribution in [0.2, 0.25) is 0 Å². The van der Waals surface area contributed by atoms with Gasteiger partial charge in [-0.3, -0.25) is 10.1 Å². The smallest absolute Gasteiger partial charge is 0.325 e. The van der Waals surface area contributed by atoms with E-state index in [0.29, 0.717) is 6.54 Å². The molecule has 0 aliphatic heterocycles. The first-order chi connectivity index (χ1) is 9.58. The third-order valence-corrected chi connectivity index (χ3v) is 3.17. The molecule has 0 saturated carbocycles. The van der Waals surface area contributed by atoms with Crippen LogP contribution in [-0.2, 0) is 11.3 Å². The van der Waals surface area contributed by atoms with E-state index in [9.17, 15) is 14.3 Å². The highest BCUT2D eigenvalue weighted by Crippen LogP contribution is 2.18. The van der Waals surface area contributed by atoms with Crippen LogP contribution in [0.4, 0.5) is 4.39 Å². The number of carboxylic acid groups (broad SMARTS) is 1. The number of carbonyl (C=O) groups is 1. The standard InChI is InChI=1S/C16H16FNO2/c1-11-4-2-3-5-14(11)15(16(19)20)18-10-12-6-8-13(17)9-7-12/h2-9,15,18H,10H2,1H3,(H,19,20). The van der Waals surface area contributed by atoms with Crippen molar-refractivity contribution < 1.29 is 14.3 Å². The number of aryl methyl sites for hydroxylation is 1. The number of carboxylic acids is 1. The van der Waals surface area contributed by atoms with Gasteiger partial charge in [-0.05, 0) is 35.7 Å². The maximum Gasteiger partial charge on any atom is 0.325 e. The van der Waals surface area contributed by atoms with Gasteiger partial charge in [-0.1, -0.05) is 36.4 Å². The highest BCUT2D eigenvalue weighted by molar-refractivity contribution is 5.76. The largest absolute Gasteiger partial charge is 0.480 e. The van der Waals surface area contributed by atoms with E-state index in [0.717, 1.165) is 16.7 Å². The van der Waals surface area contributed by atoms with Crippen molar-refractivity contribution in [3.63, 3.8) is 0 Å². The molecule has 4 heteroatoms. The Morgan fingerprint density at radius 1 is 1.20 bits per heavy atom. The fourth-order valence-corrected chi connectivity index (χ4v) is 2.06. The molecular formula is C16H16FNO2. The van der Waals surface area contributed by atoms with Gasteiger partial charge in [0.25, 0.3) is 0 Å². The lowest BCUT2D eigenvalue weighted by Gasteiger charge is -2.17. The summed E-state index contributed by atoms with van der Waals surface area (Å²) in [6, 6.07) is 12.6. The van der Waals surface area contributed by atoms with Crippen LogP contribution in [-0.4, -0.2) is 11.1 Å². The molecular weight excluding hydrogens is 257 g/mol. The molecule has 1 unspecified atom stereocenters. The maximum atomic E-state index is 12.8. The molecule has 2 aromatic carbocycles. The molecule has 2 aromatic rings. The number of nitrogens with one attached hydrogen (secondary N) is 1. The molecule has 2 rings (SSSR count). The van der Waals surface area contributed by atoms with E-state index in [1.165, 1.54) is 12.1 Å². The molecule has 20 heavy (non-hydrogen) atoms. The summed E-state index contributed by atoms with van der Waals surface area (Å²) in [5.74, 6) is -1.23. The van der Waals surface area contributed by atoms with E-state index in [-0.39, 0.29) is 5.82 Å². The van der Waals surface area contributed by atoms with E-state index >= 15 is 0 Å². The summed E-state index contributed by atoms with van der Waals surface area (Å²) in [6.45, 7) is 2.25. The van der Waals surface area contributed by atoms with Gasteiger partial charge in [-0.25, -0.2) is 4.39 Å². The minimum Gasteiger partial charge on any atom is -0.480 e. The zero-order valence-corrected chi connectivity index (χ0v) is 11.1. The van der Waals surface area contributed by atoms with E-state index < -0.39 is 12.0 Å². The van der Waals surface area contributed by atoms with Crippen LogP contribution in [0.15, 0.2) is 48.5 Å². The lowest BCUT2D eigenvalue weighted by molar-refractivity contribution is -0.139. The van der Waals surface area contributed by atoms with E-state index in [4.69, 9.17) is 0 Å². The van der Waals surface area contributed by atoms with E-state index in [1.54, 1.807) is 18.2 Å². The number of hydrogen-bond donors (Lipinski definition) is 2. The Morgan fingerprint density at radius 2 is 1.85 bits per heavy atom. The van der Waals surface area contributed by atoms with Gasteiger partial charge in [0, 0.05) is 6.54 Å². The number of halogens is 1. The monoisotopic (exact) mass is 273 g/mol. The summed E-state index contributed by atoms with van der Waals surface area (Å²) >= 11 is 0. The van der Waals surface area contributed by atoms with Crippen LogP contribution in [0.3, 0.4) is 0 Å². The van der Waals surface area contributed by atoms with E-state index in [2.05, 4.69) is 5.32 Å². The van der Waals surface area contributed by atoms with Gasteiger partial charge in [0.1, 0.15) is 11.9 Å². The van der Waals surface area contributed by atoms with Crippen LogP contribution in [0.1, 0.15) is 22.7 Å². The van der Waals surface area contributed by atoms with Crippen molar-refractivity contribution in [2.75, 3.05) is 0 Å². The van der Waals surface area contributed by atoms with Gasteiger partial charge in [0.15, 0.2) is 0 Å². The van der Waals surface area contributed by atoms with Crippen molar-refractivity contribution >= 4 is 5.97 Å². The van der Waals surface area contributed by atoms with Crippen molar-refractivity contribution in [3.8, 4) is 0 Å². The highest BCUT2D eigenvalue weighted by Gasteiger charge is 2.20. The van der Waals surface area contributed by atoms with Gasteiger partial charge in [0.2, 0.25) is 0 Å². The van der Waals surface area contributed by atoms with Gasteiger partial charge in [-0.2, -0.15) is 0 Å². The number of benzene rings is 2. The van der Waals surface area contributed by atoms with Crippen LogP contribution in [0.5, 0.6) is 0 Å². The number of hydrogen-bond acceptors (Lipinski definition) is 2. The second-order valence-electron chi connectivity index (χ2n) is 4.64.